The number of hydrogen-bond acceptors (Lipinski definition) is 7. The number of carbonyl (C=O) groups is 1. The van der Waals surface area contributed by atoms with Crippen LogP contribution in [0.2, 0.25) is 5.02 Å². The summed E-state index contributed by atoms with van der Waals surface area (Å²) in [5.74, 6) is 1.30. The highest BCUT2D eigenvalue weighted by atomic mass is 35.5. The van der Waals surface area contributed by atoms with Crippen molar-refractivity contribution >= 4 is 34.3 Å². The average Bonchev–Trinajstić information content (AvgIpc) is 3.27. The second kappa shape index (κ2) is 10.4. The molecule has 0 saturated carbocycles. The molecule has 0 atom stereocenters. The van der Waals surface area contributed by atoms with Gasteiger partial charge in [-0.1, -0.05) is 37.6 Å². The minimum atomic E-state index is -0.609. The minimum absolute atomic E-state index is 0.124. The van der Waals surface area contributed by atoms with E-state index in [0.29, 0.717) is 53.1 Å². The second-order valence-electron chi connectivity index (χ2n) is 8.41. The quantitative estimate of drug-likeness (QED) is 0.313. The summed E-state index contributed by atoms with van der Waals surface area (Å²) in [5.41, 5.74) is 0.735. The Morgan fingerprint density at radius 2 is 1.94 bits per heavy atom. The lowest BCUT2D eigenvalue weighted by molar-refractivity contribution is 0.0461. The molecule has 0 radical (unpaired) electrons. The molecule has 0 unspecified atom stereocenters. The standard InChI is InChI=1S/C25H27ClN4O5/c1-5-34-22-18(26)12-16(13-20(22)33-4)24(32)35-14-21-27-28-25-29(11-10-15(2)3)23(31)17-8-6-7-9-19(17)30(21)25/h6-9,12-13,15H,5,10-11,14H2,1-4H3. The molecule has 2 aromatic carbocycles. The van der Waals surface area contributed by atoms with Gasteiger partial charge in [0.25, 0.3) is 5.56 Å². The van der Waals surface area contributed by atoms with E-state index in [2.05, 4.69) is 24.0 Å². The van der Waals surface area contributed by atoms with Crippen LogP contribution in [0.5, 0.6) is 11.5 Å². The van der Waals surface area contributed by atoms with Gasteiger partial charge in [0.15, 0.2) is 23.9 Å². The van der Waals surface area contributed by atoms with Gasteiger partial charge in [0.2, 0.25) is 5.78 Å². The molecule has 184 valence electrons. The molecule has 0 spiro atoms. The highest BCUT2D eigenvalue weighted by molar-refractivity contribution is 6.32. The maximum atomic E-state index is 13.1. The predicted molar refractivity (Wildman–Crippen MR) is 133 cm³/mol. The Balaban J connectivity index is 1.68. The van der Waals surface area contributed by atoms with Gasteiger partial charge in [0, 0.05) is 6.54 Å². The Bertz CT molecular complexity index is 1440. The summed E-state index contributed by atoms with van der Waals surface area (Å²) in [5, 5.41) is 9.28. The smallest absolute Gasteiger partial charge is 0.338 e. The van der Waals surface area contributed by atoms with E-state index in [0.717, 1.165) is 6.42 Å². The van der Waals surface area contributed by atoms with Crippen molar-refractivity contribution in [1.82, 2.24) is 19.2 Å². The number of ether oxygens (including phenoxy) is 3. The number of fused-ring (bicyclic) bond motifs is 3. The third-order valence-electron chi connectivity index (χ3n) is 5.59. The maximum absolute atomic E-state index is 13.1. The zero-order chi connectivity index (χ0) is 25.1. The topological polar surface area (TPSA) is 97.0 Å². The van der Waals surface area contributed by atoms with E-state index in [4.69, 9.17) is 25.8 Å². The first-order valence-electron chi connectivity index (χ1n) is 11.4. The lowest BCUT2D eigenvalue weighted by Crippen LogP contribution is -2.24. The number of rotatable bonds is 9. The van der Waals surface area contributed by atoms with Crippen molar-refractivity contribution < 1.29 is 19.0 Å². The highest BCUT2D eigenvalue weighted by Crippen LogP contribution is 2.36. The van der Waals surface area contributed by atoms with Gasteiger partial charge in [0.05, 0.1) is 35.2 Å². The molecule has 0 aliphatic heterocycles. The predicted octanol–water partition coefficient (Wildman–Crippen LogP) is 4.51. The second-order valence-corrected chi connectivity index (χ2v) is 8.81. The number of benzene rings is 2. The monoisotopic (exact) mass is 498 g/mol. The van der Waals surface area contributed by atoms with Crippen LogP contribution >= 0.6 is 11.6 Å². The van der Waals surface area contributed by atoms with Gasteiger partial charge in [-0.3, -0.25) is 13.8 Å². The lowest BCUT2D eigenvalue weighted by Gasteiger charge is -2.13. The lowest BCUT2D eigenvalue weighted by atomic mass is 10.1. The number of methoxy groups -OCH3 is 1. The van der Waals surface area contributed by atoms with Crippen molar-refractivity contribution in [2.24, 2.45) is 5.92 Å². The van der Waals surface area contributed by atoms with Crippen molar-refractivity contribution in [3.8, 4) is 11.5 Å². The molecule has 2 aromatic heterocycles. The fourth-order valence-corrected chi connectivity index (χ4v) is 4.10. The molecule has 10 heteroatoms. The van der Waals surface area contributed by atoms with Crippen LogP contribution in [0.3, 0.4) is 0 Å². The SMILES string of the molecule is CCOc1c(Cl)cc(C(=O)OCc2nnc3n(CCC(C)C)c(=O)c4ccccc4n23)cc1OC. The fraction of sp³-hybridized carbons (Fsp3) is 0.360. The molecule has 0 aliphatic rings. The van der Waals surface area contributed by atoms with Crippen LogP contribution in [0, 0.1) is 5.92 Å². The van der Waals surface area contributed by atoms with Crippen LogP contribution in [0.25, 0.3) is 16.7 Å². The number of hydrogen-bond donors (Lipinski definition) is 0. The molecule has 0 bridgehead atoms. The summed E-state index contributed by atoms with van der Waals surface area (Å²) >= 11 is 6.29. The van der Waals surface area contributed by atoms with Gasteiger partial charge in [-0.2, -0.15) is 0 Å². The summed E-state index contributed by atoms with van der Waals surface area (Å²) in [4.78, 5) is 26.0. The number of aryl methyl sites for hydroxylation is 1. The van der Waals surface area contributed by atoms with Crippen LogP contribution in [0.15, 0.2) is 41.2 Å². The number of esters is 1. The molecule has 9 nitrogen and oxygen atoms in total. The largest absolute Gasteiger partial charge is 0.493 e. The van der Waals surface area contributed by atoms with Crippen LogP contribution in [0.4, 0.5) is 0 Å². The number of nitrogens with zero attached hydrogens (tertiary/aromatic N) is 4. The van der Waals surface area contributed by atoms with Crippen LogP contribution in [-0.4, -0.2) is 38.9 Å². The Hall–Kier alpha value is -3.59. The van der Waals surface area contributed by atoms with Gasteiger partial charge in [-0.15, -0.1) is 10.2 Å². The van der Waals surface area contributed by atoms with Gasteiger partial charge in [-0.25, -0.2) is 4.79 Å². The molecule has 4 aromatic rings. The van der Waals surface area contributed by atoms with E-state index in [1.165, 1.54) is 19.2 Å². The van der Waals surface area contributed by atoms with E-state index in [1.54, 1.807) is 15.0 Å². The van der Waals surface area contributed by atoms with Gasteiger partial charge in [0.1, 0.15) is 0 Å². The Morgan fingerprint density at radius 1 is 1.17 bits per heavy atom. The first kappa shape index (κ1) is 24.5. The zero-order valence-corrected chi connectivity index (χ0v) is 20.8. The summed E-state index contributed by atoms with van der Waals surface area (Å²) in [6.45, 7) is 6.77. The number of aromatic nitrogens is 4. The van der Waals surface area contributed by atoms with Crippen LogP contribution in [-0.2, 0) is 17.9 Å². The molecule has 4 rings (SSSR count). The Morgan fingerprint density at radius 3 is 2.66 bits per heavy atom. The van der Waals surface area contributed by atoms with Crippen LogP contribution < -0.4 is 15.0 Å². The normalized spacial score (nSPS) is 11.4. The van der Waals surface area contributed by atoms with Crippen molar-refractivity contribution in [3.05, 3.63) is 63.2 Å². The average molecular weight is 499 g/mol. The molecule has 0 amide bonds. The van der Waals surface area contributed by atoms with Crippen LogP contribution in [0.1, 0.15) is 43.4 Å². The van der Waals surface area contributed by atoms with E-state index in [-0.39, 0.29) is 22.8 Å². The van der Waals surface area contributed by atoms with Gasteiger partial charge in [-0.05, 0) is 43.5 Å². The maximum Gasteiger partial charge on any atom is 0.338 e. The van der Waals surface area contributed by atoms with E-state index in [9.17, 15) is 9.59 Å². The summed E-state index contributed by atoms with van der Waals surface area (Å²) < 4.78 is 19.7. The summed E-state index contributed by atoms with van der Waals surface area (Å²) in [7, 11) is 1.47. The van der Waals surface area contributed by atoms with Gasteiger partial charge >= 0.3 is 5.97 Å². The minimum Gasteiger partial charge on any atom is -0.493 e. The fourth-order valence-electron chi connectivity index (χ4n) is 3.83. The molecule has 0 aliphatic carbocycles. The molecule has 0 saturated heterocycles. The molecule has 0 fully saturated rings. The number of halogens is 1. The van der Waals surface area contributed by atoms with Crippen molar-refractivity contribution in [1.29, 1.82) is 0 Å². The van der Waals surface area contributed by atoms with Crippen molar-refractivity contribution in [3.63, 3.8) is 0 Å². The first-order valence-corrected chi connectivity index (χ1v) is 11.8. The molecule has 0 N–H and O–H groups in total. The summed E-state index contributed by atoms with van der Waals surface area (Å²) in [6, 6.07) is 10.2. The Kier molecular flexibility index (Phi) is 7.25. The number of carbonyl (C=O) groups excluding carboxylic acids is 1. The number of para-hydroxylation sites is 1. The van der Waals surface area contributed by atoms with Crippen molar-refractivity contribution in [2.45, 2.75) is 40.3 Å². The molecular formula is C25H27ClN4O5. The molecule has 35 heavy (non-hydrogen) atoms. The Labute approximate surface area is 207 Å². The third-order valence-corrected chi connectivity index (χ3v) is 5.87. The van der Waals surface area contributed by atoms with E-state index >= 15 is 0 Å². The van der Waals surface area contributed by atoms with Gasteiger partial charge < -0.3 is 14.2 Å². The highest BCUT2D eigenvalue weighted by Gasteiger charge is 2.20. The molecule has 2 heterocycles. The van der Waals surface area contributed by atoms with Crippen molar-refractivity contribution in [2.75, 3.05) is 13.7 Å². The molecular weight excluding hydrogens is 472 g/mol. The van der Waals surface area contributed by atoms with E-state index < -0.39 is 5.97 Å². The van der Waals surface area contributed by atoms with E-state index in [1.807, 2.05) is 25.1 Å². The zero-order valence-electron chi connectivity index (χ0n) is 20.1. The third kappa shape index (κ3) is 4.81. The summed E-state index contributed by atoms with van der Waals surface area (Å²) in [6.07, 6.45) is 0.811. The first-order chi connectivity index (χ1) is 16.8.